The van der Waals surface area contributed by atoms with E-state index in [1.807, 2.05) is 36.4 Å². The van der Waals surface area contributed by atoms with Crippen LogP contribution in [0.25, 0.3) is 21.5 Å². The highest BCUT2D eigenvalue weighted by Gasteiger charge is 2.14. The SMILES string of the molecule is CCS(=O)Oc1cc2cc3ccccc3cc2cc1OS(=O)CC. The minimum Gasteiger partial charge on any atom is -0.396 e. The highest BCUT2D eigenvalue weighted by Crippen LogP contribution is 2.35. The minimum absolute atomic E-state index is 0.347. The first kappa shape index (κ1) is 16.9. The van der Waals surface area contributed by atoms with Gasteiger partial charge >= 0.3 is 0 Å². The van der Waals surface area contributed by atoms with E-state index in [1.165, 1.54) is 0 Å². The molecular formula is C18H18O4S2. The monoisotopic (exact) mass is 362 g/mol. The van der Waals surface area contributed by atoms with Gasteiger partial charge in [0.05, 0.1) is 11.5 Å². The lowest BCUT2D eigenvalue weighted by Crippen LogP contribution is -2.07. The van der Waals surface area contributed by atoms with E-state index in [4.69, 9.17) is 8.37 Å². The Kier molecular flexibility index (Phi) is 5.16. The fourth-order valence-electron chi connectivity index (χ4n) is 2.40. The lowest BCUT2D eigenvalue weighted by molar-refractivity contribution is 0.513. The molecule has 0 aromatic heterocycles. The maximum Gasteiger partial charge on any atom is 0.206 e. The molecular weight excluding hydrogens is 344 g/mol. The van der Waals surface area contributed by atoms with E-state index in [-0.39, 0.29) is 0 Å². The van der Waals surface area contributed by atoms with Crippen LogP contribution in [0.4, 0.5) is 0 Å². The first-order valence-corrected chi connectivity index (χ1v) is 10.2. The Bertz CT molecular complexity index is 861. The van der Waals surface area contributed by atoms with Crippen LogP contribution in [-0.4, -0.2) is 19.9 Å². The van der Waals surface area contributed by atoms with Gasteiger partial charge in [0.15, 0.2) is 11.5 Å². The van der Waals surface area contributed by atoms with E-state index < -0.39 is 22.2 Å². The molecule has 0 radical (unpaired) electrons. The van der Waals surface area contributed by atoms with Crippen molar-refractivity contribution in [1.29, 1.82) is 0 Å². The van der Waals surface area contributed by atoms with Gasteiger partial charge in [0.1, 0.15) is 0 Å². The Morgan fingerprint density at radius 2 is 1.12 bits per heavy atom. The summed E-state index contributed by atoms with van der Waals surface area (Å²) in [6, 6.07) is 15.7. The quantitative estimate of drug-likeness (QED) is 0.619. The van der Waals surface area contributed by atoms with Crippen molar-refractivity contribution in [2.24, 2.45) is 0 Å². The first-order valence-electron chi connectivity index (χ1n) is 7.70. The molecule has 3 rings (SSSR count). The van der Waals surface area contributed by atoms with Crippen molar-refractivity contribution < 1.29 is 16.8 Å². The molecule has 0 bridgehead atoms. The maximum atomic E-state index is 11.8. The third-order valence-corrected chi connectivity index (χ3v) is 5.28. The number of hydrogen-bond acceptors (Lipinski definition) is 4. The molecule has 3 aromatic rings. The van der Waals surface area contributed by atoms with Gasteiger partial charge < -0.3 is 8.37 Å². The second kappa shape index (κ2) is 7.32. The van der Waals surface area contributed by atoms with Crippen molar-refractivity contribution >= 4 is 43.7 Å². The van der Waals surface area contributed by atoms with Crippen molar-refractivity contribution in [2.45, 2.75) is 13.8 Å². The first-order chi connectivity index (χ1) is 11.6. The van der Waals surface area contributed by atoms with Gasteiger partial charge in [-0.3, -0.25) is 0 Å². The zero-order chi connectivity index (χ0) is 17.1. The summed E-state index contributed by atoms with van der Waals surface area (Å²) in [5, 5.41) is 4.12. The van der Waals surface area contributed by atoms with Crippen LogP contribution in [0.1, 0.15) is 13.8 Å². The number of benzene rings is 3. The van der Waals surface area contributed by atoms with Gasteiger partial charge in [-0.25, -0.2) is 8.42 Å². The largest absolute Gasteiger partial charge is 0.396 e. The zero-order valence-electron chi connectivity index (χ0n) is 13.5. The van der Waals surface area contributed by atoms with E-state index in [1.54, 1.807) is 26.0 Å². The van der Waals surface area contributed by atoms with E-state index in [0.29, 0.717) is 23.0 Å². The van der Waals surface area contributed by atoms with Crippen molar-refractivity contribution in [3.05, 3.63) is 48.5 Å². The molecule has 0 fully saturated rings. The Morgan fingerprint density at radius 3 is 1.50 bits per heavy atom. The molecule has 2 unspecified atom stereocenters. The Hall–Kier alpha value is -1.92. The average molecular weight is 362 g/mol. The molecule has 0 aliphatic heterocycles. The Balaban J connectivity index is 2.16. The standard InChI is InChI=1S/C18H18O4S2/c1-3-23(19)21-17-11-15-9-13-7-5-6-8-14(13)10-16(15)12-18(17)22-24(20)4-2/h5-12H,3-4H2,1-2H3. The molecule has 0 aliphatic carbocycles. The Morgan fingerprint density at radius 1 is 0.708 bits per heavy atom. The van der Waals surface area contributed by atoms with Crippen LogP contribution in [0, 0.1) is 0 Å². The highest BCUT2D eigenvalue weighted by molar-refractivity contribution is 7.80. The second-order valence-electron chi connectivity index (χ2n) is 5.20. The molecule has 2 atom stereocenters. The van der Waals surface area contributed by atoms with Crippen molar-refractivity contribution in [3.63, 3.8) is 0 Å². The van der Waals surface area contributed by atoms with Gasteiger partial charge in [-0.15, -0.1) is 0 Å². The fourth-order valence-corrected chi connectivity index (χ4v) is 3.30. The maximum absolute atomic E-state index is 11.8. The van der Waals surface area contributed by atoms with Crippen LogP contribution < -0.4 is 8.37 Å². The third kappa shape index (κ3) is 3.60. The van der Waals surface area contributed by atoms with Crippen LogP contribution >= 0.6 is 0 Å². The van der Waals surface area contributed by atoms with Crippen molar-refractivity contribution in [1.82, 2.24) is 0 Å². The number of hydrogen-bond donors (Lipinski definition) is 0. The molecule has 4 nitrogen and oxygen atoms in total. The molecule has 0 spiro atoms. The van der Waals surface area contributed by atoms with E-state index in [9.17, 15) is 8.42 Å². The summed E-state index contributed by atoms with van der Waals surface area (Å²) in [6.45, 7) is 3.55. The molecule has 0 amide bonds. The van der Waals surface area contributed by atoms with Gasteiger partial charge in [0.2, 0.25) is 22.2 Å². The topological polar surface area (TPSA) is 52.6 Å². The van der Waals surface area contributed by atoms with Crippen LogP contribution in [-0.2, 0) is 22.2 Å². The molecule has 0 heterocycles. The van der Waals surface area contributed by atoms with Gasteiger partial charge in [-0.2, -0.15) is 0 Å². The van der Waals surface area contributed by atoms with Crippen LogP contribution in [0.3, 0.4) is 0 Å². The lowest BCUT2D eigenvalue weighted by Gasteiger charge is -2.12. The van der Waals surface area contributed by atoms with E-state index in [0.717, 1.165) is 21.5 Å². The summed E-state index contributed by atoms with van der Waals surface area (Å²) in [4.78, 5) is 0. The fraction of sp³-hybridized carbons (Fsp3) is 0.222. The van der Waals surface area contributed by atoms with Gasteiger partial charge in [-0.05, 0) is 45.8 Å². The average Bonchev–Trinajstić information content (AvgIpc) is 2.60. The van der Waals surface area contributed by atoms with Gasteiger partial charge in [0.25, 0.3) is 0 Å². The zero-order valence-corrected chi connectivity index (χ0v) is 15.1. The normalized spacial score (nSPS) is 13.8. The van der Waals surface area contributed by atoms with Crippen LogP contribution in [0.2, 0.25) is 0 Å². The van der Waals surface area contributed by atoms with Crippen molar-refractivity contribution in [2.75, 3.05) is 11.5 Å². The molecule has 0 saturated heterocycles. The summed E-state index contributed by atoms with van der Waals surface area (Å²) in [5.74, 6) is 1.43. The second-order valence-corrected chi connectivity index (χ2v) is 7.90. The molecule has 126 valence electrons. The van der Waals surface area contributed by atoms with Gasteiger partial charge in [-0.1, -0.05) is 38.1 Å². The van der Waals surface area contributed by atoms with E-state index in [2.05, 4.69) is 0 Å². The molecule has 24 heavy (non-hydrogen) atoms. The highest BCUT2D eigenvalue weighted by atomic mass is 32.2. The van der Waals surface area contributed by atoms with E-state index >= 15 is 0 Å². The Labute approximate surface area is 146 Å². The lowest BCUT2D eigenvalue weighted by atomic mass is 10.0. The molecule has 3 aromatic carbocycles. The predicted octanol–water partition coefficient (Wildman–Crippen LogP) is 4.12. The summed E-state index contributed by atoms with van der Waals surface area (Å²) >= 11 is -2.91. The van der Waals surface area contributed by atoms with Crippen LogP contribution in [0.15, 0.2) is 48.5 Å². The molecule has 6 heteroatoms. The minimum atomic E-state index is -1.45. The summed E-state index contributed by atoms with van der Waals surface area (Å²) in [5.41, 5.74) is 0. The molecule has 0 aliphatic rings. The van der Waals surface area contributed by atoms with Crippen LogP contribution in [0.5, 0.6) is 11.5 Å². The smallest absolute Gasteiger partial charge is 0.206 e. The van der Waals surface area contributed by atoms with Gasteiger partial charge in [0, 0.05) is 0 Å². The van der Waals surface area contributed by atoms with Crippen molar-refractivity contribution in [3.8, 4) is 11.5 Å². The predicted molar refractivity (Wildman–Crippen MR) is 100 cm³/mol. The molecule has 0 N–H and O–H groups in total. The summed E-state index contributed by atoms with van der Waals surface area (Å²) < 4.78 is 34.5. The summed E-state index contributed by atoms with van der Waals surface area (Å²) in [6.07, 6.45) is 0. The molecule has 0 saturated carbocycles. The number of rotatable bonds is 6. The number of fused-ring (bicyclic) bond motifs is 2. The summed E-state index contributed by atoms with van der Waals surface area (Å²) in [7, 11) is 0. The third-order valence-electron chi connectivity index (χ3n) is 3.60.